The van der Waals surface area contributed by atoms with E-state index in [0.717, 1.165) is 13.1 Å². The first-order valence-electron chi connectivity index (χ1n) is 7.97. The monoisotopic (exact) mass is 313 g/mol. The second-order valence-corrected chi connectivity index (χ2v) is 5.64. The van der Waals surface area contributed by atoms with Gasteiger partial charge in [0.2, 0.25) is 0 Å². The van der Waals surface area contributed by atoms with E-state index in [0.29, 0.717) is 5.92 Å². The summed E-state index contributed by atoms with van der Waals surface area (Å²) in [5.74, 6) is 0.506. The SMILES string of the molecule is CCNCCCC1c2ccccc2C=Cc2ccccc21.Cl. The fourth-order valence-corrected chi connectivity index (χ4v) is 3.23. The molecule has 0 aromatic heterocycles. The molecule has 0 fully saturated rings. The Hall–Kier alpha value is -1.57. The summed E-state index contributed by atoms with van der Waals surface area (Å²) in [5.41, 5.74) is 5.66. The second-order valence-electron chi connectivity index (χ2n) is 5.64. The molecule has 0 bridgehead atoms. The maximum Gasteiger partial charge on any atom is 0.0102 e. The van der Waals surface area contributed by atoms with Crippen molar-refractivity contribution in [3.8, 4) is 0 Å². The summed E-state index contributed by atoms with van der Waals surface area (Å²) in [6.07, 6.45) is 6.93. The van der Waals surface area contributed by atoms with Gasteiger partial charge >= 0.3 is 0 Å². The van der Waals surface area contributed by atoms with E-state index < -0.39 is 0 Å². The maximum atomic E-state index is 3.44. The van der Waals surface area contributed by atoms with Crippen LogP contribution in [0.3, 0.4) is 0 Å². The molecule has 0 spiro atoms. The van der Waals surface area contributed by atoms with Gasteiger partial charge in [0, 0.05) is 5.92 Å². The van der Waals surface area contributed by atoms with E-state index in [9.17, 15) is 0 Å². The van der Waals surface area contributed by atoms with Gasteiger partial charge in [-0.25, -0.2) is 0 Å². The van der Waals surface area contributed by atoms with E-state index in [-0.39, 0.29) is 12.4 Å². The standard InChI is InChI=1S/C20H23N.ClH/c1-2-21-15-7-12-20-18-10-5-3-8-16(18)13-14-17-9-4-6-11-19(17)20;/h3-6,8-11,13-14,20-21H,2,7,12,15H2,1H3;1H. The molecule has 0 saturated carbocycles. The van der Waals surface area contributed by atoms with Gasteiger partial charge in [-0.05, 0) is 48.2 Å². The molecule has 0 radical (unpaired) electrons. The molecule has 22 heavy (non-hydrogen) atoms. The van der Waals surface area contributed by atoms with Gasteiger partial charge in [-0.15, -0.1) is 12.4 Å². The van der Waals surface area contributed by atoms with Crippen molar-refractivity contribution in [2.45, 2.75) is 25.7 Å². The summed E-state index contributed by atoms with van der Waals surface area (Å²) in [6, 6.07) is 17.6. The molecule has 3 rings (SSSR count). The Morgan fingerprint density at radius 3 is 1.95 bits per heavy atom. The first kappa shape index (κ1) is 16.8. The van der Waals surface area contributed by atoms with Crippen LogP contribution in [0.25, 0.3) is 12.2 Å². The Morgan fingerprint density at radius 1 is 0.864 bits per heavy atom. The van der Waals surface area contributed by atoms with Crippen LogP contribution in [0.4, 0.5) is 0 Å². The molecule has 0 saturated heterocycles. The zero-order chi connectivity index (χ0) is 14.5. The zero-order valence-electron chi connectivity index (χ0n) is 13.1. The smallest absolute Gasteiger partial charge is 0.0102 e. The van der Waals surface area contributed by atoms with E-state index in [1.807, 2.05) is 0 Å². The van der Waals surface area contributed by atoms with Crippen molar-refractivity contribution in [1.82, 2.24) is 5.32 Å². The van der Waals surface area contributed by atoms with Crippen LogP contribution in [-0.4, -0.2) is 13.1 Å². The molecule has 2 heteroatoms. The lowest BCUT2D eigenvalue weighted by atomic mass is 9.84. The molecule has 0 heterocycles. The molecular formula is C20H24ClN. The third-order valence-corrected chi connectivity index (χ3v) is 4.28. The van der Waals surface area contributed by atoms with E-state index in [4.69, 9.17) is 0 Å². The Morgan fingerprint density at radius 2 is 1.41 bits per heavy atom. The van der Waals surface area contributed by atoms with Crippen molar-refractivity contribution in [2.75, 3.05) is 13.1 Å². The van der Waals surface area contributed by atoms with Gasteiger partial charge < -0.3 is 5.32 Å². The van der Waals surface area contributed by atoms with Crippen LogP contribution >= 0.6 is 12.4 Å². The Bertz CT molecular complexity index is 584. The Balaban J connectivity index is 0.00000176. The highest BCUT2D eigenvalue weighted by Crippen LogP contribution is 2.37. The van der Waals surface area contributed by atoms with Crippen molar-refractivity contribution < 1.29 is 0 Å². The second kappa shape index (κ2) is 8.17. The Labute approximate surface area is 139 Å². The van der Waals surface area contributed by atoms with Gasteiger partial charge in [0.05, 0.1) is 0 Å². The molecule has 2 aromatic carbocycles. The van der Waals surface area contributed by atoms with E-state index in [2.05, 4.69) is 72.9 Å². The fraction of sp³-hybridized carbons (Fsp3) is 0.300. The quantitative estimate of drug-likeness (QED) is 0.756. The predicted octanol–water partition coefficient (Wildman–Crippen LogP) is 5.11. The number of halogens is 1. The number of hydrogen-bond acceptors (Lipinski definition) is 1. The fourth-order valence-electron chi connectivity index (χ4n) is 3.23. The van der Waals surface area contributed by atoms with Crippen LogP contribution in [0.5, 0.6) is 0 Å². The highest BCUT2D eigenvalue weighted by atomic mass is 35.5. The number of benzene rings is 2. The molecule has 1 N–H and O–H groups in total. The lowest BCUT2D eigenvalue weighted by Crippen LogP contribution is -2.15. The Kier molecular flexibility index (Phi) is 6.23. The maximum absolute atomic E-state index is 3.44. The molecule has 1 nitrogen and oxygen atoms in total. The predicted molar refractivity (Wildman–Crippen MR) is 98.7 cm³/mol. The van der Waals surface area contributed by atoms with Crippen LogP contribution in [-0.2, 0) is 0 Å². The normalized spacial score (nSPS) is 13.0. The van der Waals surface area contributed by atoms with Gasteiger partial charge in [-0.3, -0.25) is 0 Å². The van der Waals surface area contributed by atoms with Gasteiger partial charge in [-0.1, -0.05) is 67.6 Å². The number of hydrogen-bond donors (Lipinski definition) is 1. The van der Waals surface area contributed by atoms with E-state index in [1.165, 1.54) is 35.1 Å². The average Bonchev–Trinajstić information content (AvgIpc) is 2.69. The van der Waals surface area contributed by atoms with Crippen molar-refractivity contribution in [3.63, 3.8) is 0 Å². The van der Waals surface area contributed by atoms with E-state index >= 15 is 0 Å². The molecule has 0 amide bonds. The zero-order valence-corrected chi connectivity index (χ0v) is 13.9. The van der Waals surface area contributed by atoms with Crippen molar-refractivity contribution in [1.29, 1.82) is 0 Å². The minimum Gasteiger partial charge on any atom is -0.317 e. The summed E-state index contributed by atoms with van der Waals surface area (Å²) >= 11 is 0. The van der Waals surface area contributed by atoms with Gasteiger partial charge in [0.15, 0.2) is 0 Å². The van der Waals surface area contributed by atoms with Crippen molar-refractivity contribution in [2.24, 2.45) is 0 Å². The molecule has 0 atom stereocenters. The third-order valence-electron chi connectivity index (χ3n) is 4.28. The summed E-state index contributed by atoms with van der Waals surface area (Å²) in [4.78, 5) is 0. The third kappa shape index (κ3) is 3.60. The molecule has 1 aliphatic carbocycles. The highest BCUT2D eigenvalue weighted by Gasteiger charge is 2.20. The number of nitrogens with one attached hydrogen (secondary N) is 1. The van der Waals surface area contributed by atoms with Gasteiger partial charge in [-0.2, -0.15) is 0 Å². The first-order chi connectivity index (χ1) is 10.4. The number of rotatable bonds is 5. The van der Waals surface area contributed by atoms with Crippen LogP contribution in [0.1, 0.15) is 47.9 Å². The van der Waals surface area contributed by atoms with Gasteiger partial charge in [0.1, 0.15) is 0 Å². The molecular weight excluding hydrogens is 290 g/mol. The minimum absolute atomic E-state index is 0. The summed E-state index contributed by atoms with van der Waals surface area (Å²) < 4.78 is 0. The average molecular weight is 314 g/mol. The van der Waals surface area contributed by atoms with Crippen LogP contribution < -0.4 is 5.32 Å². The van der Waals surface area contributed by atoms with E-state index in [1.54, 1.807) is 0 Å². The van der Waals surface area contributed by atoms with Gasteiger partial charge in [0.25, 0.3) is 0 Å². The summed E-state index contributed by atoms with van der Waals surface area (Å²) in [7, 11) is 0. The minimum atomic E-state index is 0. The highest BCUT2D eigenvalue weighted by molar-refractivity contribution is 5.85. The molecule has 1 aliphatic rings. The largest absolute Gasteiger partial charge is 0.317 e. The molecule has 116 valence electrons. The molecule has 2 aromatic rings. The van der Waals surface area contributed by atoms with Crippen molar-refractivity contribution >= 4 is 24.6 Å². The lowest BCUT2D eigenvalue weighted by Gasteiger charge is -2.20. The van der Waals surface area contributed by atoms with Crippen LogP contribution in [0.2, 0.25) is 0 Å². The lowest BCUT2D eigenvalue weighted by molar-refractivity contribution is 0.605. The summed E-state index contributed by atoms with van der Waals surface area (Å²) in [5, 5.41) is 3.44. The first-order valence-corrected chi connectivity index (χ1v) is 7.97. The molecule has 0 aliphatic heterocycles. The molecule has 0 unspecified atom stereocenters. The van der Waals surface area contributed by atoms with Crippen molar-refractivity contribution in [3.05, 3.63) is 70.8 Å². The van der Waals surface area contributed by atoms with Crippen LogP contribution in [0, 0.1) is 0 Å². The number of fused-ring (bicyclic) bond motifs is 2. The summed E-state index contributed by atoms with van der Waals surface area (Å²) in [6.45, 7) is 4.32. The van der Waals surface area contributed by atoms with Crippen LogP contribution in [0.15, 0.2) is 48.5 Å². The topological polar surface area (TPSA) is 12.0 Å².